The van der Waals surface area contributed by atoms with Gasteiger partial charge in [-0.05, 0) is 76.4 Å². The molecule has 35 heavy (non-hydrogen) atoms. The summed E-state index contributed by atoms with van der Waals surface area (Å²) >= 11 is 0. The van der Waals surface area contributed by atoms with Gasteiger partial charge in [-0.2, -0.15) is 9.49 Å². The van der Waals surface area contributed by atoms with Gasteiger partial charge in [-0.25, -0.2) is 9.64 Å². The monoisotopic (exact) mass is 464 g/mol. The topological polar surface area (TPSA) is 83.2 Å². The van der Waals surface area contributed by atoms with Crippen molar-refractivity contribution in [1.29, 1.82) is 0 Å². The minimum atomic E-state index is -1.01. The van der Waals surface area contributed by atoms with Crippen LogP contribution in [0.25, 0.3) is 33.0 Å². The molecule has 172 valence electrons. The average molecular weight is 465 g/mol. The van der Waals surface area contributed by atoms with E-state index in [9.17, 15) is 9.18 Å². The summed E-state index contributed by atoms with van der Waals surface area (Å²) in [7, 11) is 0. The molecule has 0 atom stereocenters. The van der Waals surface area contributed by atoms with E-state index in [0.717, 1.165) is 58.7 Å². The smallest absolute Gasteiger partial charge is 0.328 e. The number of carboxylic acids is 1. The second-order valence-corrected chi connectivity index (χ2v) is 8.48. The Morgan fingerprint density at radius 1 is 1.14 bits per heavy atom. The minimum absolute atomic E-state index is 0.254. The average Bonchev–Trinajstić information content (AvgIpc) is 3.22. The second-order valence-electron chi connectivity index (χ2n) is 8.48. The number of H-pyrrole nitrogens is 1. The Morgan fingerprint density at radius 3 is 2.60 bits per heavy atom. The standard InChI is InChI=1S/C28H21FN4O2/c1-30-24-16-31-14-13-21(24)27(18-3-2-4-18)26(19-8-5-17(6-9-19)7-12-25(34)35)20-10-11-23-22(15-20)28(29)33-32-23/h5-16,18H,2-4H2,(H,32,33)(H,34,35)/b12-7+,27-26+. The van der Waals surface area contributed by atoms with Gasteiger partial charge in [0, 0.05) is 18.5 Å². The number of allylic oxidation sites excluding steroid dienone is 1. The summed E-state index contributed by atoms with van der Waals surface area (Å²) < 4.78 is 14.4. The number of nitrogens with one attached hydrogen (secondary N) is 1. The molecule has 2 aromatic carbocycles. The third-order valence-corrected chi connectivity index (χ3v) is 6.41. The zero-order chi connectivity index (χ0) is 24.4. The van der Waals surface area contributed by atoms with Crippen LogP contribution in [0.2, 0.25) is 0 Å². The molecule has 0 unspecified atom stereocenters. The van der Waals surface area contributed by atoms with E-state index in [1.54, 1.807) is 24.5 Å². The molecular formula is C28H21FN4O2. The van der Waals surface area contributed by atoms with Gasteiger partial charge in [0.2, 0.25) is 11.6 Å². The van der Waals surface area contributed by atoms with Crippen molar-refractivity contribution in [3.8, 4) is 0 Å². The van der Waals surface area contributed by atoms with Crippen molar-refractivity contribution < 1.29 is 14.3 Å². The fraction of sp³-hybridized carbons (Fsp3) is 0.143. The van der Waals surface area contributed by atoms with Crippen LogP contribution in [0.3, 0.4) is 0 Å². The van der Waals surface area contributed by atoms with Crippen molar-refractivity contribution in [3.05, 3.63) is 107 Å². The summed E-state index contributed by atoms with van der Waals surface area (Å²) in [5.41, 5.74) is 6.28. The van der Waals surface area contributed by atoms with Crippen molar-refractivity contribution >= 4 is 39.8 Å². The summed E-state index contributed by atoms with van der Waals surface area (Å²) in [4.78, 5) is 18.8. The number of hydrogen-bond donors (Lipinski definition) is 2. The van der Waals surface area contributed by atoms with Gasteiger partial charge in [0.15, 0.2) is 0 Å². The van der Waals surface area contributed by atoms with Crippen molar-refractivity contribution in [3.63, 3.8) is 0 Å². The zero-order valence-corrected chi connectivity index (χ0v) is 18.7. The van der Waals surface area contributed by atoms with Gasteiger partial charge in [-0.15, -0.1) is 0 Å². The van der Waals surface area contributed by atoms with Crippen LogP contribution < -0.4 is 0 Å². The maximum atomic E-state index is 14.4. The van der Waals surface area contributed by atoms with E-state index in [1.807, 2.05) is 36.4 Å². The molecule has 7 heteroatoms. The first-order chi connectivity index (χ1) is 17.0. The van der Waals surface area contributed by atoms with Crippen molar-refractivity contribution in [2.75, 3.05) is 0 Å². The van der Waals surface area contributed by atoms with Gasteiger partial charge in [0.1, 0.15) is 0 Å². The number of rotatable bonds is 6. The maximum Gasteiger partial charge on any atom is 0.328 e. The molecule has 1 aliphatic rings. The SMILES string of the molecule is [C-]#[N+]c1cnccc1/C(=C(\c1ccc(/C=C/C(=O)O)cc1)c1ccc2n[nH]c(F)c2c1)C1CCC1. The van der Waals surface area contributed by atoms with Crippen LogP contribution >= 0.6 is 0 Å². The first kappa shape index (κ1) is 22.2. The molecule has 6 nitrogen and oxygen atoms in total. The lowest BCUT2D eigenvalue weighted by molar-refractivity contribution is -0.131. The molecule has 0 bridgehead atoms. The summed E-state index contributed by atoms with van der Waals surface area (Å²) in [6.45, 7) is 7.71. The second kappa shape index (κ2) is 9.35. The first-order valence-electron chi connectivity index (χ1n) is 11.3. The van der Waals surface area contributed by atoms with Crippen LogP contribution in [0, 0.1) is 18.4 Å². The van der Waals surface area contributed by atoms with Crippen molar-refractivity contribution in [1.82, 2.24) is 15.2 Å². The molecular weight excluding hydrogens is 443 g/mol. The maximum absolute atomic E-state index is 14.4. The van der Waals surface area contributed by atoms with E-state index in [4.69, 9.17) is 11.7 Å². The highest BCUT2D eigenvalue weighted by molar-refractivity contribution is 6.03. The molecule has 0 amide bonds. The van der Waals surface area contributed by atoms with Crippen LogP contribution in [-0.2, 0) is 4.79 Å². The molecule has 2 heterocycles. The van der Waals surface area contributed by atoms with Crippen molar-refractivity contribution in [2.24, 2.45) is 5.92 Å². The van der Waals surface area contributed by atoms with Gasteiger partial charge >= 0.3 is 5.97 Å². The van der Waals surface area contributed by atoms with Crippen LogP contribution in [0.5, 0.6) is 0 Å². The highest BCUT2D eigenvalue weighted by atomic mass is 19.1. The highest BCUT2D eigenvalue weighted by Gasteiger charge is 2.28. The zero-order valence-electron chi connectivity index (χ0n) is 18.7. The number of aliphatic carboxylic acids is 1. The number of fused-ring (bicyclic) bond motifs is 1. The van der Waals surface area contributed by atoms with E-state index >= 15 is 0 Å². The molecule has 1 saturated carbocycles. The lowest BCUT2D eigenvalue weighted by Gasteiger charge is -2.32. The minimum Gasteiger partial charge on any atom is -0.478 e. The third-order valence-electron chi connectivity index (χ3n) is 6.41. The summed E-state index contributed by atoms with van der Waals surface area (Å²) in [5, 5.41) is 15.7. The van der Waals surface area contributed by atoms with E-state index < -0.39 is 11.9 Å². The van der Waals surface area contributed by atoms with E-state index in [0.29, 0.717) is 16.6 Å². The number of pyridine rings is 1. The van der Waals surface area contributed by atoms with Crippen molar-refractivity contribution in [2.45, 2.75) is 19.3 Å². The van der Waals surface area contributed by atoms with Gasteiger partial charge in [0.25, 0.3) is 0 Å². The molecule has 5 rings (SSSR count). The number of halogens is 1. The molecule has 2 aromatic heterocycles. The fourth-order valence-electron chi connectivity index (χ4n) is 4.50. The van der Waals surface area contributed by atoms with E-state index in [1.165, 1.54) is 6.08 Å². The molecule has 0 radical (unpaired) electrons. The lowest BCUT2D eigenvalue weighted by Crippen LogP contribution is -2.15. The van der Waals surface area contributed by atoms with E-state index in [2.05, 4.69) is 20.0 Å². The molecule has 0 saturated heterocycles. The van der Waals surface area contributed by atoms with E-state index in [-0.39, 0.29) is 5.92 Å². The number of carbonyl (C=O) groups is 1. The van der Waals surface area contributed by atoms with Gasteiger partial charge in [-0.3, -0.25) is 10.1 Å². The highest BCUT2D eigenvalue weighted by Crippen LogP contribution is 2.47. The van der Waals surface area contributed by atoms with Gasteiger partial charge in [-0.1, -0.05) is 36.8 Å². The number of carboxylic acid groups (broad SMARTS) is 1. The molecule has 2 N–H and O–H groups in total. The van der Waals surface area contributed by atoms with Crippen LogP contribution in [0.15, 0.2) is 67.0 Å². The number of nitrogens with zero attached hydrogens (tertiary/aromatic N) is 3. The number of aromatic nitrogens is 3. The summed E-state index contributed by atoms with van der Waals surface area (Å²) in [6.07, 6.45) is 9.01. The number of benzene rings is 2. The lowest BCUT2D eigenvalue weighted by atomic mass is 9.73. The summed E-state index contributed by atoms with van der Waals surface area (Å²) in [5.74, 6) is -1.25. The van der Waals surface area contributed by atoms with Crippen LogP contribution in [0.4, 0.5) is 10.1 Å². The van der Waals surface area contributed by atoms with Crippen LogP contribution in [0.1, 0.15) is 41.5 Å². The Hall–Kier alpha value is -4.57. The Morgan fingerprint density at radius 2 is 1.91 bits per heavy atom. The quantitative estimate of drug-likeness (QED) is 0.252. The first-order valence-corrected chi connectivity index (χ1v) is 11.3. The normalized spacial score (nSPS) is 14.5. The Labute approximate surface area is 201 Å². The third kappa shape index (κ3) is 4.34. The fourth-order valence-corrected chi connectivity index (χ4v) is 4.50. The Balaban J connectivity index is 1.78. The predicted molar refractivity (Wildman–Crippen MR) is 133 cm³/mol. The number of hydrogen-bond acceptors (Lipinski definition) is 3. The molecule has 1 fully saturated rings. The largest absolute Gasteiger partial charge is 0.478 e. The molecule has 1 aliphatic carbocycles. The summed E-state index contributed by atoms with van der Waals surface area (Å²) in [6, 6.07) is 15.0. The molecule has 0 spiro atoms. The Kier molecular flexibility index (Phi) is 5.94. The van der Waals surface area contributed by atoms with Gasteiger partial charge < -0.3 is 5.11 Å². The number of aromatic amines is 1. The molecule has 4 aromatic rings. The predicted octanol–water partition coefficient (Wildman–Crippen LogP) is 6.50. The van der Waals surface area contributed by atoms with Gasteiger partial charge in [0.05, 0.1) is 17.5 Å². The molecule has 0 aliphatic heterocycles. The van der Waals surface area contributed by atoms with Crippen LogP contribution in [-0.4, -0.2) is 26.3 Å². The Bertz CT molecular complexity index is 1520.